The summed E-state index contributed by atoms with van der Waals surface area (Å²) >= 11 is 0. The molecule has 2 aromatic heterocycles. The minimum absolute atomic E-state index is 0.0251. The summed E-state index contributed by atoms with van der Waals surface area (Å²) in [6.07, 6.45) is 4.45. The fraction of sp³-hybridized carbons (Fsp3) is 0.333. The lowest BCUT2D eigenvalue weighted by Crippen LogP contribution is -2.11. The maximum atomic E-state index is 12.8. The molecule has 3 aromatic rings. The lowest BCUT2D eigenvalue weighted by atomic mass is 10.2. The molecule has 0 saturated heterocycles. The summed E-state index contributed by atoms with van der Waals surface area (Å²) < 4.78 is 25.2. The number of rotatable bonds is 6. The minimum atomic E-state index is -3.59. The van der Waals surface area contributed by atoms with Crippen LogP contribution in [0.4, 0.5) is 0 Å². The van der Waals surface area contributed by atoms with E-state index in [1.54, 1.807) is 6.07 Å². The molecule has 0 aliphatic heterocycles. The Bertz CT molecular complexity index is 1100. The first-order valence-electron chi connectivity index (χ1n) is 9.61. The maximum Gasteiger partial charge on any atom is 0.247 e. The Morgan fingerprint density at radius 2 is 1.79 bits per heavy atom. The number of ketones is 1. The summed E-state index contributed by atoms with van der Waals surface area (Å²) in [6, 6.07) is 13.1. The fourth-order valence-corrected chi connectivity index (χ4v) is 3.43. The molecule has 1 fully saturated rings. The molecule has 29 heavy (non-hydrogen) atoms. The Morgan fingerprint density at radius 3 is 2.41 bits per heavy atom. The SMILES string of the molecule is CC.CS(=O)(=O)c1nccc(C(=O)c2cc(C3CC3)n(Cc3ccccc3)n2)n1. The Balaban J connectivity index is 0.00000117. The average Bonchev–Trinajstić information content (AvgIpc) is 3.50. The molecule has 0 atom stereocenters. The summed E-state index contributed by atoms with van der Waals surface area (Å²) in [5, 5.41) is 4.13. The molecular formula is C21H24N4O3S. The van der Waals surface area contributed by atoms with Gasteiger partial charge >= 0.3 is 0 Å². The van der Waals surface area contributed by atoms with Crippen LogP contribution in [0.5, 0.6) is 0 Å². The topological polar surface area (TPSA) is 94.8 Å². The van der Waals surface area contributed by atoms with Crippen molar-refractivity contribution in [3.8, 4) is 0 Å². The van der Waals surface area contributed by atoms with E-state index in [2.05, 4.69) is 15.1 Å². The Hall–Kier alpha value is -2.87. The van der Waals surface area contributed by atoms with Crippen LogP contribution in [-0.2, 0) is 16.4 Å². The molecule has 4 rings (SSSR count). The third-order valence-electron chi connectivity index (χ3n) is 4.41. The van der Waals surface area contributed by atoms with Crippen molar-refractivity contribution in [3.05, 3.63) is 71.3 Å². The third-order valence-corrected chi connectivity index (χ3v) is 5.27. The molecule has 152 valence electrons. The van der Waals surface area contributed by atoms with Gasteiger partial charge in [0.1, 0.15) is 11.4 Å². The summed E-state index contributed by atoms with van der Waals surface area (Å²) in [6.45, 7) is 4.58. The quantitative estimate of drug-likeness (QED) is 0.456. The van der Waals surface area contributed by atoms with Crippen LogP contribution in [0, 0.1) is 0 Å². The number of carbonyl (C=O) groups excluding carboxylic acids is 1. The van der Waals surface area contributed by atoms with Gasteiger partial charge in [-0.3, -0.25) is 9.48 Å². The van der Waals surface area contributed by atoms with Gasteiger partial charge in [-0.1, -0.05) is 44.2 Å². The summed E-state index contributed by atoms with van der Waals surface area (Å²) in [5.41, 5.74) is 2.42. The van der Waals surface area contributed by atoms with Crippen molar-refractivity contribution < 1.29 is 13.2 Å². The molecule has 1 saturated carbocycles. The first-order valence-corrected chi connectivity index (χ1v) is 11.5. The fourth-order valence-electron chi connectivity index (χ4n) is 2.91. The van der Waals surface area contributed by atoms with E-state index in [4.69, 9.17) is 0 Å². The van der Waals surface area contributed by atoms with E-state index in [0.29, 0.717) is 12.5 Å². The van der Waals surface area contributed by atoms with E-state index >= 15 is 0 Å². The predicted molar refractivity (Wildman–Crippen MR) is 110 cm³/mol. The molecule has 1 aliphatic rings. The number of sulfone groups is 1. The van der Waals surface area contributed by atoms with Crippen molar-refractivity contribution in [3.63, 3.8) is 0 Å². The predicted octanol–water partition coefficient (Wildman–Crippen LogP) is 3.26. The second kappa shape index (κ2) is 8.65. The Kier molecular flexibility index (Phi) is 6.22. The van der Waals surface area contributed by atoms with Gasteiger partial charge in [-0.15, -0.1) is 0 Å². The number of hydrogen-bond acceptors (Lipinski definition) is 6. The van der Waals surface area contributed by atoms with Gasteiger partial charge in [0.15, 0.2) is 0 Å². The van der Waals surface area contributed by atoms with Gasteiger partial charge in [0.2, 0.25) is 20.8 Å². The van der Waals surface area contributed by atoms with Crippen LogP contribution in [0.15, 0.2) is 53.8 Å². The van der Waals surface area contributed by atoms with E-state index in [1.165, 1.54) is 12.3 Å². The number of hydrogen-bond donors (Lipinski definition) is 0. The van der Waals surface area contributed by atoms with E-state index < -0.39 is 15.6 Å². The molecule has 0 unspecified atom stereocenters. The highest BCUT2D eigenvalue weighted by Gasteiger charge is 2.30. The van der Waals surface area contributed by atoms with Crippen molar-refractivity contribution in [2.24, 2.45) is 0 Å². The lowest BCUT2D eigenvalue weighted by Gasteiger charge is -2.06. The van der Waals surface area contributed by atoms with Gasteiger partial charge in [-0.2, -0.15) is 5.10 Å². The first-order chi connectivity index (χ1) is 13.9. The van der Waals surface area contributed by atoms with Crippen molar-refractivity contribution in [2.45, 2.75) is 44.3 Å². The molecule has 0 amide bonds. The van der Waals surface area contributed by atoms with Crippen molar-refractivity contribution in [1.82, 2.24) is 19.7 Å². The molecular weight excluding hydrogens is 388 g/mol. The zero-order valence-electron chi connectivity index (χ0n) is 16.7. The summed E-state index contributed by atoms with van der Waals surface area (Å²) in [5.74, 6) is 0.00996. The van der Waals surface area contributed by atoms with Gasteiger partial charge in [0, 0.05) is 24.1 Å². The normalized spacial score (nSPS) is 13.5. The smallest absolute Gasteiger partial charge is 0.247 e. The number of benzene rings is 1. The minimum Gasteiger partial charge on any atom is -0.285 e. The highest BCUT2D eigenvalue weighted by molar-refractivity contribution is 7.90. The van der Waals surface area contributed by atoms with Crippen LogP contribution in [0.2, 0.25) is 0 Å². The molecule has 2 heterocycles. The van der Waals surface area contributed by atoms with Gasteiger partial charge in [-0.25, -0.2) is 18.4 Å². The second-order valence-electron chi connectivity index (χ2n) is 6.70. The maximum absolute atomic E-state index is 12.8. The van der Waals surface area contributed by atoms with Crippen LogP contribution < -0.4 is 0 Å². The number of nitrogens with zero attached hydrogens (tertiary/aromatic N) is 4. The number of aromatic nitrogens is 4. The van der Waals surface area contributed by atoms with Gasteiger partial charge in [0.25, 0.3) is 0 Å². The molecule has 0 radical (unpaired) electrons. The van der Waals surface area contributed by atoms with Crippen LogP contribution in [0.25, 0.3) is 0 Å². The number of carbonyl (C=O) groups is 1. The Morgan fingerprint density at radius 1 is 1.10 bits per heavy atom. The molecule has 7 nitrogen and oxygen atoms in total. The lowest BCUT2D eigenvalue weighted by molar-refractivity contribution is 0.102. The van der Waals surface area contributed by atoms with E-state index in [0.717, 1.165) is 30.4 Å². The Labute approximate surface area is 170 Å². The molecule has 0 N–H and O–H groups in total. The summed E-state index contributed by atoms with van der Waals surface area (Å²) in [4.78, 5) is 20.5. The summed E-state index contributed by atoms with van der Waals surface area (Å²) in [7, 11) is -3.59. The molecule has 1 aliphatic carbocycles. The van der Waals surface area contributed by atoms with Crippen molar-refractivity contribution >= 4 is 15.6 Å². The van der Waals surface area contributed by atoms with E-state index in [-0.39, 0.29) is 16.5 Å². The van der Waals surface area contributed by atoms with Crippen molar-refractivity contribution in [1.29, 1.82) is 0 Å². The van der Waals surface area contributed by atoms with Gasteiger partial charge in [-0.05, 0) is 30.5 Å². The van der Waals surface area contributed by atoms with Crippen LogP contribution in [0.3, 0.4) is 0 Å². The highest BCUT2D eigenvalue weighted by Crippen LogP contribution is 2.40. The third kappa shape index (κ3) is 4.95. The zero-order valence-corrected chi connectivity index (χ0v) is 17.6. The van der Waals surface area contributed by atoms with E-state index in [1.807, 2.05) is 48.9 Å². The van der Waals surface area contributed by atoms with Crippen LogP contribution in [-0.4, -0.2) is 40.2 Å². The van der Waals surface area contributed by atoms with Crippen LogP contribution in [0.1, 0.15) is 60.0 Å². The highest BCUT2D eigenvalue weighted by atomic mass is 32.2. The van der Waals surface area contributed by atoms with Gasteiger partial charge < -0.3 is 0 Å². The largest absolute Gasteiger partial charge is 0.285 e. The van der Waals surface area contributed by atoms with E-state index in [9.17, 15) is 13.2 Å². The first kappa shape index (κ1) is 20.9. The molecule has 0 bridgehead atoms. The molecule has 8 heteroatoms. The molecule has 0 spiro atoms. The van der Waals surface area contributed by atoms with Gasteiger partial charge in [0.05, 0.1) is 6.54 Å². The average molecular weight is 413 g/mol. The van der Waals surface area contributed by atoms with Crippen LogP contribution >= 0.6 is 0 Å². The van der Waals surface area contributed by atoms with Crippen molar-refractivity contribution in [2.75, 3.05) is 6.26 Å². The molecule has 1 aromatic carbocycles. The standard InChI is InChI=1S/C19H18N4O3S.C2H6/c1-27(25,26)19-20-10-9-15(21-19)18(24)16-11-17(14-7-8-14)23(22-16)12-13-5-3-2-4-6-13;1-2/h2-6,9-11,14H,7-8,12H2,1H3;1-2H3. The second-order valence-corrected chi connectivity index (χ2v) is 8.61. The zero-order chi connectivity index (χ0) is 21.0. The monoisotopic (exact) mass is 412 g/mol.